The normalized spacial score (nSPS) is 11.8. The summed E-state index contributed by atoms with van der Waals surface area (Å²) >= 11 is 0. The first kappa shape index (κ1) is 103. The number of unbranched alkanes of at least 4 members (excludes halogenated alkanes) is 76. The molecule has 6 nitrogen and oxygen atoms in total. The molecule has 2 aromatic carbocycles. The molecule has 0 aliphatic carbocycles. The minimum Gasteiger partial charge on any atom is -0.744 e. The summed E-state index contributed by atoms with van der Waals surface area (Å²) in [4.78, 5) is -0.210. The van der Waals surface area contributed by atoms with Crippen LogP contribution in [0.3, 0.4) is 0 Å². The fourth-order valence-electron chi connectivity index (χ4n) is 15.6. The summed E-state index contributed by atoms with van der Waals surface area (Å²) in [5.41, 5.74) is 1.90. The smallest absolute Gasteiger partial charge is 0.744 e. The van der Waals surface area contributed by atoms with Crippen molar-refractivity contribution in [1.82, 2.24) is 0 Å². The van der Waals surface area contributed by atoms with Gasteiger partial charge in [-0.2, -0.15) is 0 Å². The van der Waals surface area contributed by atoms with E-state index in [1.54, 1.807) is 12.1 Å². The van der Waals surface area contributed by atoms with Gasteiger partial charge in [0.15, 0.2) is 0 Å². The van der Waals surface area contributed by atoms with Crippen molar-refractivity contribution in [2.24, 2.45) is 0 Å². The maximum Gasteiger partial charge on any atom is 2.00 e. The van der Waals surface area contributed by atoms with Crippen molar-refractivity contribution in [2.75, 3.05) is 0 Å². The summed E-state index contributed by atoms with van der Waals surface area (Å²) in [6, 6.07) is 13.0. The molecule has 0 aliphatic rings. The van der Waals surface area contributed by atoms with Crippen LogP contribution < -0.4 is 0 Å². The molecule has 0 aliphatic heterocycles. The Morgan fingerprint density at radius 2 is 0.311 bits per heavy atom. The summed E-state index contributed by atoms with van der Waals surface area (Å²) in [7, 11) is -8.70. The van der Waals surface area contributed by atoms with Gasteiger partial charge in [-0.25, -0.2) is 16.8 Å². The summed E-state index contributed by atoms with van der Waals surface area (Å²) < 4.78 is 67.0. The zero-order valence-electron chi connectivity index (χ0n) is 69.2. The maximum atomic E-state index is 11.2. The van der Waals surface area contributed by atoms with E-state index in [-0.39, 0.29) is 58.7 Å². The van der Waals surface area contributed by atoms with E-state index < -0.39 is 20.2 Å². The van der Waals surface area contributed by atoms with Crippen LogP contribution in [0, 0.1) is 0 Å². The van der Waals surface area contributed by atoms with Gasteiger partial charge in [-0.3, -0.25) is 0 Å². The van der Waals surface area contributed by atoms with Crippen LogP contribution in [0.5, 0.6) is 0 Å². The van der Waals surface area contributed by atoms with E-state index in [4.69, 9.17) is 0 Å². The van der Waals surface area contributed by atoms with Gasteiger partial charge >= 0.3 is 48.9 Å². The molecule has 0 saturated carbocycles. The second kappa shape index (κ2) is 82.8. The SMILES string of the molecule is CCCCCCCCCCCCCCCCCCCCCCCCCCCCCCCCCCCCCCCCCc1cccc(S(=O)(=O)[O-])c1.CCCCCCCCCCCCCCCCCCCCCCCCCCCCCCCCCCCCCCCCCc1cccc(S(=O)(=O)[O-])c1.[Ba+2]. The molecule has 0 saturated heterocycles. The van der Waals surface area contributed by atoms with Crippen molar-refractivity contribution in [2.45, 2.75) is 537 Å². The van der Waals surface area contributed by atoms with Crippen LogP contribution in [0.4, 0.5) is 0 Å². The molecule has 103 heavy (non-hydrogen) atoms. The first-order valence-electron chi connectivity index (χ1n) is 46.2. The molecule has 0 N–H and O–H groups in total. The van der Waals surface area contributed by atoms with E-state index in [0.29, 0.717) is 0 Å². The van der Waals surface area contributed by atoms with E-state index >= 15 is 0 Å². The Bertz CT molecular complexity index is 2050. The third kappa shape index (κ3) is 78.3. The van der Waals surface area contributed by atoms with Gasteiger partial charge in [0.1, 0.15) is 20.2 Å². The number of aryl methyl sites for hydroxylation is 2. The Hall–Kier alpha value is -0.169. The van der Waals surface area contributed by atoms with Crippen molar-refractivity contribution in [1.29, 1.82) is 0 Å². The summed E-state index contributed by atoms with van der Waals surface area (Å²) in [6.07, 6.45) is 113. The zero-order chi connectivity index (χ0) is 73.5. The molecule has 2 aromatic rings. The van der Waals surface area contributed by atoms with Crippen LogP contribution in [0.2, 0.25) is 0 Å². The molecule has 0 bridgehead atoms. The van der Waals surface area contributed by atoms with Crippen LogP contribution in [0.15, 0.2) is 58.3 Å². The first-order chi connectivity index (χ1) is 50.1. The number of hydrogen-bond donors (Lipinski definition) is 0. The average molecular weight is 1600 g/mol. The minimum absolute atomic E-state index is 0. The quantitative estimate of drug-likeness (QED) is 0.0370. The molecular weight excluding hydrogens is 1430 g/mol. The van der Waals surface area contributed by atoms with E-state index in [9.17, 15) is 25.9 Å². The van der Waals surface area contributed by atoms with Crippen molar-refractivity contribution < 1.29 is 25.9 Å². The molecule has 0 fully saturated rings. The van der Waals surface area contributed by atoms with Crippen molar-refractivity contribution in [3.8, 4) is 0 Å². The Balaban J connectivity index is 0.00000200. The molecule has 0 heterocycles. The topological polar surface area (TPSA) is 114 Å². The van der Waals surface area contributed by atoms with Gasteiger partial charge < -0.3 is 9.11 Å². The molecule has 0 unspecified atom stereocenters. The molecule has 0 atom stereocenters. The van der Waals surface area contributed by atoms with Crippen molar-refractivity contribution >= 4 is 69.1 Å². The third-order valence-corrected chi connectivity index (χ3v) is 24.2. The molecular formula is C94H174BaO6S2. The third-order valence-electron chi connectivity index (χ3n) is 22.5. The van der Waals surface area contributed by atoms with E-state index in [2.05, 4.69) is 13.8 Å². The molecule has 0 amide bonds. The number of hydrogen-bond acceptors (Lipinski definition) is 6. The summed E-state index contributed by atoms with van der Waals surface area (Å²) in [6.45, 7) is 4.61. The second-order valence-corrected chi connectivity index (χ2v) is 35.3. The average Bonchev–Trinajstić information content (AvgIpc) is 0.872. The van der Waals surface area contributed by atoms with Gasteiger partial charge in [-0.1, -0.05) is 526 Å². The van der Waals surface area contributed by atoms with Gasteiger partial charge in [0, 0.05) is 0 Å². The van der Waals surface area contributed by atoms with Gasteiger partial charge in [-0.05, 0) is 61.1 Å². The Kier molecular flexibility index (Phi) is 82.6. The van der Waals surface area contributed by atoms with Crippen LogP contribution >= 0.6 is 0 Å². The molecule has 2 rings (SSSR count). The first-order valence-corrected chi connectivity index (χ1v) is 49.0. The largest absolute Gasteiger partial charge is 2.00 e. The molecule has 0 radical (unpaired) electrons. The molecule has 9 heteroatoms. The van der Waals surface area contributed by atoms with Crippen LogP contribution in [0.1, 0.15) is 526 Å². The predicted octanol–water partition coefficient (Wildman–Crippen LogP) is 32.4. The Labute approximate surface area is 685 Å². The zero-order valence-corrected chi connectivity index (χ0v) is 75.2. The van der Waals surface area contributed by atoms with Crippen LogP contribution in [0.25, 0.3) is 0 Å². The number of rotatable bonds is 82. The predicted molar refractivity (Wildman–Crippen MR) is 453 cm³/mol. The standard InChI is InChI=1S/2C47H88O3S.Ba/c2*1-2-3-4-5-6-7-8-9-10-11-12-13-14-15-16-17-18-19-20-21-22-23-24-25-26-27-28-29-30-31-32-33-34-35-36-37-38-39-40-42-46-43-41-44-47(45-46)51(48,49)50;/h2*41,43-45H,2-40,42H2,1H3,(H,48,49,50);/q;;+2/p-2. The van der Waals surface area contributed by atoms with E-state index in [1.165, 1.54) is 512 Å². The fourth-order valence-corrected chi connectivity index (χ4v) is 16.7. The number of benzene rings is 2. The van der Waals surface area contributed by atoms with Gasteiger partial charge in [0.05, 0.1) is 9.79 Å². The summed E-state index contributed by atoms with van der Waals surface area (Å²) in [5, 5.41) is 0. The van der Waals surface area contributed by atoms with Crippen molar-refractivity contribution in [3.05, 3.63) is 59.7 Å². The Morgan fingerprint density at radius 1 is 0.194 bits per heavy atom. The molecule has 0 aromatic heterocycles. The van der Waals surface area contributed by atoms with Gasteiger partial charge in [-0.15, -0.1) is 0 Å². The summed E-state index contributed by atoms with van der Waals surface area (Å²) in [5.74, 6) is 0. The van der Waals surface area contributed by atoms with Gasteiger partial charge in [0.25, 0.3) is 0 Å². The van der Waals surface area contributed by atoms with Crippen molar-refractivity contribution in [3.63, 3.8) is 0 Å². The van der Waals surface area contributed by atoms with E-state index in [1.807, 2.05) is 12.1 Å². The van der Waals surface area contributed by atoms with E-state index in [0.717, 1.165) is 36.8 Å². The maximum absolute atomic E-state index is 11.2. The van der Waals surface area contributed by atoms with Crippen LogP contribution in [-0.4, -0.2) is 74.8 Å². The second-order valence-electron chi connectivity index (χ2n) is 32.6. The van der Waals surface area contributed by atoms with Gasteiger partial charge in [0.2, 0.25) is 0 Å². The fraction of sp³-hybridized carbons (Fsp3) is 0.872. The monoisotopic (exact) mass is 1600 g/mol. The Morgan fingerprint density at radius 3 is 0.427 bits per heavy atom. The van der Waals surface area contributed by atoms with Crippen LogP contribution in [-0.2, 0) is 33.1 Å². The minimum atomic E-state index is -4.35. The molecule has 0 spiro atoms. The molecule has 600 valence electrons.